The van der Waals surface area contributed by atoms with Crippen LogP contribution < -0.4 is 5.73 Å². The van der Waals surface area contributed by atoms with Gasteiger partial charge in [-0.3, -0.25) is 4.79 Å². The normalized spacial score (nSPS) is 16.9. The van der Waals surface area contributed by atoms with E-state index in [1.165, 1.54) is 0 Å². The van der Waals surface area contributed by atoms with Crippen molar-refractivity contribution in [2.75, 3.05) is 19.8 Å². The molecular weight excluding hydrogens is 194 g/mol. The molecule has 0 heterocycles. The smallest absolute Gasteiger partial charge is 0.313 e. The molecule has 0 aromatic rings. The number of rotatable bonds is 7. The van der Waals surface area contributed by atoms with Crippen LogP contribution in [0.3, 0.4) is 0 Å². The van der Waals surface area contributed by atoms with Crippen molar-refractivity contribution in [3.05, 3.63) is 0 Å². The Labute approximate surface area is 91.8 Å². The summed E-state index contributed by atoms with van der Waals surface area (Å²) in [7, 11) is 0. The van der Waals surface area contributed by atoms with Crippen molar-refractivity contribution in [1.29, 1.82) is 0 Å². The third-order valence-electron chi connectivity index (χ3n) is 2.83. The first-order valence-corrected chi connectivity index (χ1v) is 5.54. The maximum absolute atomic E-state index is 11.8. The Hall–Kier alpha value is -0.610. The van der Waals surface area contributed by atoms with E-state index in [9.17, 15) is 4.79 Å². The third-order valence-corrected chi connectivity index (χ3v) is 2.83. The first-order chi connectivity index (χ1) is 7.06. The number of aliphatic hydroxyl groups excluding tert-OH is 1. The van der Waals surface area contributed by atoms with Gasteiger partial charge in [0.05, 0.1) is 12.0 Å². The van der Waals surface area contributed by atoms with Crippen molar-refractivity contribution >= 4 is 5.97 Å². The van der Waals surface area contributed by atoms with Gasteiger partial charge < -0.3 is 15.6 Å². The van der Waals surface area contributed by atoms with Crippen molar-refractivity contribution in [2.45, 2.75) is 33.6 Å². The molecule has 2 unspecified atom stereocenters. The minimum absolute atomic E-state index is 0.0675. The van der Waals surface area contributed by atoms with Gasteiger partial charge in [-0.15, -0.1) is 0 Å². The SMILES string of the molecule is CCOC(=O)C(CC)(CN)CC(C)CO. The lowest BCUT2D eigenvalue weighted by molar-refractivity contribution is -0.156. The molecule has 0 aromatic carbocycles. The zero-order valence-electron chi connectivity index (χ0n) is 9.95. The molecule has 2 atom stereocenters. The average molecular weight is 217 g/mol. The van der Waals surface area contributed by atoms with E-state index in [4.69, 9.17) is 15.6 Å². The number of carbonyl (C=O) groups excluding carboxylic acids is 1. The van der Waals surface area contributed by atoms with Gasteiger partial charge >= 0.3 is 5.97 Å². The summed E-state index contributed by atoms with van der Waals surface area (Å²) in [4.78, 5) is 11.8. The number of nitrogens with two attached hydrogens (primary N) is 1. The second kappa shape index (κ2) is 6.80. The predicted octanol–water partition coefficient (Wildman–Crippen LogP) is 0.923. The minimum Gasteiger partial charge on any atom is -0.466 e. The molecule has 15 heavy (non-hydrogen) atoms. The van der Waals surface area contributed by atoms with E-state index in [0.29, 0.717) is 19.4 Å². The van der Waals surface area contributed by atoms with Crippen LogP contribution in [0.25, 0.3) is 0 Å². The fourth-order valence-electron chi connectivity index (χ4n) is 1.70. The molecule has 4 heteroatoms. The molecule has 0 radical (unpaired) electrons. The van der Waals surface area contributed by atoms with Crippen LogP contribution in [0, 0.1) is 11.3 Å². The minimum atomic E-state index is -0.627. The van der Waals surface area contributed by atoms with Crippen LogP contribution in [0.15, 0.2) is 0 Å². The van der Waals surface area contributed by atoms with E-state index in [1.807, 2.05) is 13.8 Å². The third kappa shape index (κ3) is 3.80. The maximum Gasteiger partial charge on any atom is 0.313 e. The second-order valence-corrected chi connectivity index (χ2v) is 4.05. The summed E-state index contributed by atoms with van der Waals surface area (Å²) in [5.74, 6) is -0.173. The molecule has 0 saturated heterocycles. The van der Waals surface area contributed by atoms with Gasteiger partial charge in [0.2, 0.25) is 0 Å². The predicted molar refractivity (Wildman–Crippen MR) is 59.3 cm³/mol. The molecule has 4 nitrogen and oxygen atoms in total. The number of ether oxygens (including phenoxy) is 1. The molecule has 0 aliphatic carbocycles. The van der Waals surface area contributed by atoms with Crippen molar-refractivity contribution in [2.24, 2.45) is 17.1 Å². The summed E-state index contributed by atoms with van der Waals surface area (Å²) >= 11 is 0. The van der Waals surface area contributed by atoms with Crippen LogP contribution >= 0.6 is 0 Å². The number of esters is 1. The molecule has 0 aliphatic heterocycles. The molecule has 90 valence electrons. The monoisotopic (exact) mass is 217 g/mol. The number of carbonyl (C=O) groups is 1. The molecule has 0 spiro atoms. The summed E-state index contributed by atoms with van der Waals surface area (Å²) in [5.41, 5.74) is 5.04. The lowest BCUT2D eigenvalue weighted by atomic mass is 9.77. The summed E-state index contributed by atoms with van der Waals surface area (Å²) in [6.07, 6.45) is 1.22. The van der Waals surface area contributed by atoms with Gasteiger partial charge in [0.15, 0.2) is 0 Å². The Morgan fingerprint density at radius 1 is 1.53 bits per heavy atom. The van der Waals surface area contributed by atoms with Gasteiger partial charge in [0, 0.05) is 13.2 Å². The highest BCUT2D eigenvalue weighted by Gasteiger charge is 2.37. The van der Waals surface area contributed by atoms with E-state index in [2.05, 4.69) is 0 Å². The van der Waals surface area contributed by atoms with Gasteiger partial charge in [0.25, 0.3) is 0 Å². The lowest BCUT2D eigenvalue weighted by Gasteiger charge is -2.30. The molecule has 0 saturated carbocycles. The highest BCUT2D eigenvalue weighted by molar-refractivity contribution is 5.77. The van der Waals surface area contributed by atoms with E-state index < -0.39 is 5.41 Å². The topological polar surface area (TPSA) is 72.5 Å². The quantitative estimate of drug-likeness (QED) is 0.622. The van der Waals surface area contributed by atoms with Gasteiger partial charge in [-0.1, -0.05) is 13.8 Å². The van der Waals surface area contributed by atoms with Gasteiger partial charge in [-0.2, -0.15) is 0 Å². The van der Waals surface area contributed by atoms with Crippen LogP contribution in [0.1, 0.15) is 33.6 Å². The second-order valence-electron chi connectivity index (χ2n) is 4.05. The van der Waals surface area contributed by atoms with E-state index in [1.54, 1.807) is 6.92 Å². The first kappa shape index (κ1) is 14.4. The van der Waals surface area contributed by atoms with Crippen molar-refractivity contribution in [3.8, 4) is 0 Å². The van der Waals surface area contributed by atoms with E-state index >= 15 is 0 Å². The molecule has 0 amide bonds. The molecule has 0 fully saturated rings. The summed E-state index contributed by atoms with van der Waals surface area (Å²) in [6.45, 7) is 6.32. The van der Waals surface area contributed by atoms with E-state index in [-0.39, 0.29) is 25.0 Å². The lowest BCUT2D eigenvalue weighted by Crippen LogP contribution is -2.41. The Morgan fingerprint density at radius 2 is 2.13 bits per heavy atom. The Balaban J connectivity index is 4.63. The van der Waals surface area contributed by atoms with Crippen molar-refractivity contribution in [3.63, 3.8) is 0 Å². The zero-order valence-corrected chi connectivity index (χ0v) is 9.95. The molecule has 0 rings (SSSR count). The Bertz CT molecular complexity index is 190. The largest absolute Gasteiger partial charge is 0.466 e. The maximum atomic E-state index is 11.8. The van der Waals surface area contributed by atoms with Gasteiger partial charge in [-0.05, 0) is 25.7 Å². The zero-order chi connectivity index (χ0) is 11.9. The Morgan fingerprint density at radius 3 is 2.47 bits per heavy atom. The summed E-state index contributed by atoms with van der Waals surface area (Å²) in [5, 5.41) is 9.01. The van der Waals surface area contributed by atoms with Crippen LogP contribution in [-0.4, -0.2) is 30.8 Å². The molecular formula is C11H23NO3. The summed E-state index contributed by atoms with van der Waals surface area (Å²) in [6, 6.07) is 0. The molecule has 3 N–H and O–H groups in total. The summed E-state index contributed by atoms with van der Waals surface area (Å²) < 4.78 is 5.03. The van der Waals surface area contributed by atoms with Gasteiger partial charge in [-0.25, -0.2) is 0 Å². The van der Waals surface area contributed by atoms with Crippen LogP contribution in [-0.2, 0) is 9.53 Å². The molecule has 0 aliphatic rings. The number of aliphatic hydroxyl groups is 1. The fraction of sp³-hybridized carbons (Fsp3) is 0.909. The van der Waals surface area contributed by atoms with Crippen molar-refractivity contribution < 1.29 is 14.6 Å². The van der Waals surface area contributed by atoms with Gasteiger partial charge in [0.1, 0.15) is 0 Å². The highest BCUT2D eigenvalue weighted by Crippen LogP contribution is 2.30. The first-order valence-electron chi connectivity index (χ1n) is 5.54. The standard InChI is InChI=1S/C11H23NO3/c1-4-11(8-12,6-9(3)7-13)10(14)15-5-2/h9,13H,4-8,12H2,1-3H3. The van der Waals surface area contributed by atoms with Crippen LogP contribution in [0.5, 0.6) is 0 Å². The molecule has 0 bridgehead atoms. The Kier molecular flexibility index (Phi) is 6.52. The highest BCUT2D eigenvalue weighted by atomic mass is 16.5. The fourth-order valence-corrected chi connectivity index (χ4v) is 1.70. The van der Waals surface area contributed by atoms with Crippen LogP contribution in [0.2, 0.25) is 0 Å². The van der Waals surface area contributed by atoms with E-state index in [0.717, 1.165) is 0 Å². The van der Waals surface area contributed by atoms with Crippen molar-refractivity contribution in [1.82, 2.24) is 0 Å². The number of hydrogen-bond donors (Lipinski definition) is 2. The molecule has 0 aromatic heterocycles. The van der Waals surface area contributed by atoms with Crippen LogP contribution in [0.4, 0.5) is 0 Å². The number of hydrogen-bond acceptors (Lipinski definition) is 4. The average Bonchev–Trinajstić information content (AvgIpc) is 2.26.